The number of hydrogen-bond acceptors (Lipinski definition) is 2. The van der Waals surface area contributed by atoms with Crippen molar-refractivity contribution in [3.8, 4) is 0 Å². The molecule has 0 aromatic rings. The highest BCUT2D eigenvalue weighted by Gasteiger charge is 2.33. The average molecular weight is 213 g/mol. The predicted octanol–water partition coefficient (Wildman–Crippen LogP) is 2.22. The Morgan fingerprint density at radius 2 is 1.93 bits per heavy atom. The zero-order valence-electron chi connectivity index (χ0n) is 10.1. The second-order valence-corrected chi connectivity index (χ2v) is 4.90. The minimum Gasteiger partial charge on any atom is -0.480 e. The number of carbonyl (C=O) groups is 1. The maximum absolute atomic E-state index is 11.2. The van der Waals surface area contributed by atoms with Gasteiger partial charge >= 0.3 is 5.97 Å². The molecular weight excluding hydrogens is 190 g/mol. The van der Waals surface area contributed by atoms with Gasteiger partial charge in [-0.1, -0.05) is 33.6 Å². The Kier molecular flexibility index (Phi) is 4.58. The highest BCUT2D eigenvalue weighted by molar-refractivity contribution is 5.73. The van der Waals surface area contributed by atoms with Gasteiger partial charge < -0.3 is 5.11 Å². The Morgan fingerprint density at radius 1 is 1.40 bits per heavy atom. The molecule has 0 bridgehead atoms. The van der Waals surface area contributed by atoms with Gasteiger partial charge in [-0.2, -0.15) is 0 Å². The summed E-state index contributed by atoms with van der Waals surface area (Å²) >= 11 is 0. The zero-order valence-corrected chi connectivity index (χ0v) is 10.1. The quantitative estimate of drug-likeness (QED) is 0.761. The van der Waals surface area contributed by atoms with E-state index in [1.165, 1.54) is 0 Å². The van der Waals surface area contributed by atoms with Crippen molar-refractivity contribution in [2.75, 3.05) is 13.1 Å². The summed E-state index contributed by atoms with van der Waals surface area (Å²) in [5.41, 5.74) is 0. The van der Waals surface area contributed by atoms with Crippen LogP contribution in [0.4, 0.5) is 0 Å². The largest absolute Gasteiger partial charge is 0.480 e. The molecule has 1 aliphatic heterocycles. The van der Waals surface area contributed by atoms with Crippen molar-refractivity contribution in [3.63, 3.8) is 0 Å². The highest BCUT2D eigenvalue weighted by atomic mass is 16.4. The lowest BCUT2D eigenvalue weighted by Gasteiger charge is -2.23. The van der Waals surface area contributed by atoms with Gasteiger partial charge in [0.15, 0.2) is 0 Å². The van der Waals surface area contributed by atoms with Crippen molar-refractivity contribution < 1.29 is 9.90 Å². The smallest absolute Gasteiger partial charge is 0.320 e. The first-order chi connectivity index (χ1) is 7.06. The number of carboxylic acids is 1. The first-order valence-electron chi connectivity index (χ1n) is 6.03. The zero-order chi connectivity index (χ0) is 11.4. The lowest BCUT2D eigenvalue weighted by atomic mass is 10.0. The van der Waals surface area contributed by atoms with Crippen LogP contribution >= 0.6 is 0 Å². The molecule has 3 atom stereocenters. The fourth-order valence-corrected chi connectivity index (χ4v) is 2.29. The topological polar surface area (TPSA) is 40.5 Å². The van der Waals surface area contributed by atoms with E-state index in [1.54, 1.807) is 0 Å². The fourth-order valence-electron chi connectivity index (χ4n) is 2.29. The molecule has 1 saturated heterocycles. The molecule has 3 unspecified atom stereocenters. The molecule has 1 rings (SSSR count). The van der Waals surface area contributed by atoms with Gasteiger partial charge in [-0.15, -0.1) is 0 Å². The lowest BCUT2D eigenvalue weighted by molar-refractivity contribution is -0.143. The molecule has 3 heteroatoms. The molecule has 88 valence electrons. The van der Waals surface area contributed by atoms with Crippen LogP contribution in [0.25, 0.3) is 0 Å². The van der Waals surface area contributed by atoms with Crippen molar-refractivity contribution >= 4 is 5.97 Å². The van der Waals surface area contributed by atoms with Crippen LogP contribution in [0.2, 0.25) is 0 Å². The van der Waals surface area contributed by atoms with Crippen molar-refractivity contribution in [2.24, 2.45) is 11.8 Å². The Morgan fingerprint density at radius 3 is 2.33 bits per heavy atom. The number of hydrogen-bond donors (Lipinski definition) is 1. The van der Waals surface area contributed by atoms with Gasteiger partial charge in [0.25, 0.3) is 0 Å². The Labute approximate surface area is 92.5 Å². The summed E-state index contributed by atoms with van der Waals surface area (Å²) in [6.45, 7) is 8.42. The number of rotatable bonds is 5. The van der Waals surface area contributed by atoms with Crippen LogP contribution < -0.4 is 0 Å². The lowest BCUT2D eigenvalue weighted by Crippen LogP contribution is -2.39. The summed E-state index contributed by atoms with van der Waals surface area (Å²) in [6.07, 6.45) is 2.88. The van der Waals surface area contributed by atoms with Gasteiger partial charge in [0.2, 0.25) is 0 Å². The summed E-state index contributed by atoms with van der Waals surface area (Å²) in [5.74, 6) is 0.617. The predicted molar refractivity (Wildman–Crippen MR) is 60.8 cm³/mol. The molecular formula is C12H23NO2. The number of carboxylic acid groups (broad SMARTS) is 1. The van der Waals surface area contributed by atoms with Crippen LogP contribution in [-0.2, 0) is 4.79 Å². The SMILES string of the molecule is CCCCC(C(=O)O)N1CC(C)C(C)C1. The summed E-state index contributed by atoms with van der Waals surface area (Å²) in [7, 11) is 0. The van der Waals surface area contributed by atoms with Crippen molar-refractivity contribution in [3.05, 3.63) is 0 Å². The number of unbranched alkanes of at least 4 members (excludes halogenated alkanes) is 1. The minimum absolute atomic E-state index is 0.252. The van der Waals surface area contributed by atoms with Gasteiger partial charge in [-0.25, -0.2) is 0 Å². The second-order valence-electron chi connectivity index (χ2n) is 4.90. The third-order valence-corrected chi connectivity index (χ3v) is 3.57. The molecule has 1 heterocycles. The summed E-state index contributed by atoms with van der Waals surface area (Å²) < 4.78 is 0. The molecule has 1 fully saturated rings. The van der Waals surface area contributed by atoms with Gasteiger partial charge in [0.05, 0.1) is 0 Å². The maximum Gasteiger partial charge on any atom is 0.320 e. The van der Waals surface area contributed by atoms with Gasteiger partial charge in [-0.3, -0.25) is 9.69 Å². The number of likely N-dealkylation sites (tertiary alicyclic amines) is 1. The van der Waals surface area contributed by atoms with Gasteiger partial charge in [0.1, 0.15) is 6.04 Å². The molecule has 1 N–H and O–H groups in total. The molecule has 0 radical (unpaired) electrons. The normalized spacial score (nSPS) is 29.3. The highest BCUT2D eigenvalue weighted by Crippen LogP contribution is 2.25. The van der Waals surface area contributed by atoms with Crippen LogP contribution in [0.1, 0.15) is 40.0 Å². The third kappa shape index (κ3) is 3.20. The van der Waals surface area contributed by atoms with E-state index in [9.17, 15) is 9.90 Å². The van der Waals surface area contributed by atoms with Crippen molar-refractivity contribution in [2.45, 2.75) is 46.1 Å². The Bertz CT molecular complexity index is 208. The molecule has 0 aromatic heterocycles. The average Bonchev–Trinajstić information content (AvgIpc) is 2.47. The van der Waals surface area contributed by atoms with Crippen LogP contribution in [-0.4, -0.2) is 35.1 Å². The van der Waals surface area contributed by atoms with E-state index in [0.717, 1.165) is 32.4 Å². The van der Waals surface area contributed by atoms with Crippen LogP contribution in [0.15, 0.2) is 0 Å². The minimum atomic E-state index is -0.648. The van der Waals surface area contributed by atoms with Crippen molar-refractivity contribution in [1.82, 2.24) is 4.90 Å². The maximum atomic E-state index is 11.2. The standard InChI is InChI=1S/C12H23NO2/c1-4-5-6-11(12(14)15)13-7-9(2)10(3)8-13/h9-11H,4-8H2,1-3H3,(H,14,15). The fraction of sp³-hybridized carbons (Fsp3) is 0.917. The first-order valence-corrected chi connectivity index (χ1v) is 6.03. The van der Waals surface area contributed by atoms with Crippen LogP contribution in [0.5, 0.6) is 0 Å². The molecule has 3 nitrogen and oxygen atoms in total. The van der Waals surface area contributed by atoms with Gasteiger partial charge in [0, 0.05) is 13.1 Å². The molecule has 0 saturated carbocycles. The molecule has 0 spiro atoms. The van der Waals surface area contributed by atoms with E-state index < -0.39 is 5.97 Å². The van der Waals surface area contributed by atoms with E-state index in [1.807, 2.05) is 0 Å². The Hall–Kier alpha value is -0.570. The van der Waals surface area contributed by atoms with Crippen LogP contribution in [0, 0.1) is 11.8 Å². The van der Waals surface area contributed by atoms with Crippen molar-refractivity contribution in [1.29, 1.82) is 0 Å². The molecule has 0 amide bonds. The summed E-state index contributed by atoms with van der Waals surface area (Å²) in [4.78, 5) is 13.3. The van der Waals surface area contributed by atoms with E-state index in [2.05, 4.69) is 25.7 Å². The number of nitrogens with zero attached hydrogens (tertiary/aromatic N) is 1. The Balaban J connectivity index is 2.53. The second kappa shape index (κ2) is 5.50. The molecule has 0 aromatic carbocycles. The van der Waals surface area contributed by atoms with Crippen LogP contribution in [0.3, 0.4) is 0 Å². The molecule has 0 aliphatic carbocycles. The number of aliphatic carboxylic acids is 1. The summed E-state index contributed by atoms with van der Waals surface area (Å²) in [6, 6.07) is -0.252. The van der Waals surface area contributed by atoms with E-state index >= 15 is 0 Å². The summed E-state index contributed by atoms with van der Waals surface area (Å²) in [5, 5.41) is 9.19. The third-order valence-electron chi connectivity index (χ3n) is 3.57. The first kappa shape index (κ1) is 12.5. The van der Waals surface area contributed by atoms with E-state index in [-0.39, 0.29) is 6.04 Å². The molecule has 1 aliphatic rings. The monoisotopic (exact) mass is 213 g/mol. The van der Waals surface area contributed by atoms with E-state index in [4.69, 9.17) is 0 Å². The molecule has 15 heavy (non-hydrogen) atoms. The van der Waals surface area contributed by atoms with Gasteiger partial charge in [-0.05, 0) is 18.3 Å². The van der Waals surface area contributed by atoms with E-state index in [0.29, 0.717) is 11.8 Å².